The molecule has 2 fully saturated rings. The van der Waals surface area contributed by atoms with Crippen LogP contribution in [0.4, 0.5) is 5.82 Å². The fourth-order valence-corrected chi connectivity index (χ4v) is 6.93. The molecule has 5 rings (SSSR count). The Kier molecular flexibility index (Phi) is 4.81. The first-order valence-electron chi connectivity index (χ1n) is 12.0. The van der Waals surface area contributed by atoms with Crippen molar-refractivity contribution in [2.75, 3.05) is 18.1 Å². The molecule has 2 aliphatic rings. The monoisotopic (exact) mass is 432 g/mol. The second-order valence-electron chi connectivity index (χ2n) is 11.1. The fourth-order valence-electron chi connectivity index (χ4n) is 6.93. The van der Waals surface area contributed by atoms with Gasteiger partial charge >= 0.3 is 0 Å². The largest absolute Gasteiger partial charge is 0.494 e. The number of hydrogen-bond donors (Lipinski definition) is 0. The summed E-state index contributed by atoms with van der Waals surface area (Å²) in [6.07, 6.45) is 3.75. The van der Waals surface area contributed by atoms with Crippen LogP contribution in [0.2, 0.25) is 0 Å². The molecule has 1 saturated carbocycles. The molecule has 0 amide bonds. The van der Waals surface area contributed by atoms with Gasteiger partial charge in [0.05, 0.1) is 12.3 Å². The molecular weight excluding hydrogens is 396 g/mol. The number of rotatable bonds is 4. The number of aryl methyl sites for hydroxylation is 3. The van der Waals surface area contributed by atoms with E-state index in [1.54, 1.807) is 0 Å². The van der Waals surface area contributed by atoms with Gasteiger partial charge in [0.15, 0.2) is 5.82 Å². The van der Waals surface area contributed by atoms with E-state index in [2.05, 4.69) is 80.4 Å². The fraction of sp³-hybridized carbons (Fsp3) is 0.556. The zero-order valence-corrected chi connectivity index (χ0v) is 20.6. The first-order chi connectivity index (χ1) is 15.1. The normalized spacial score (nSPS) is 24.3. The van der Waals surface area contributed by atoms with Crippen LogP contribution < -0.4 is 9.64 Å². The first kappa shape index (κ1) is 21.3. The van der Waals surface area contributed by atoms with Gasteiger partial charge in [-0.05, 0) is 82.1 Å². The van der Waals surface area contributed by atoms with Gasteiger partial charge in [-0.15, -0.1) is 5.10 Å². The van der Waals surface area contributed by atoms with Crippen molar-refractivity contribution in [2.45, 2.75) is 73.8 Å². The van der Waals surface area contributed by atoms with E-state index in [-0.39, 0.29) is 0 Å². The summed E-state index contributed by atoms with van der Waals surface area (Å²) in [5.41, 5.74) is 5.35. The molecule has 170 valence electrons. The highest BCUT2D eigenvalue weighted by atomic mass is 16.5. The first-order valence-corrected chi connectivity index (χ1v) is 12.0. The van der Waals surface area contributed by atoms with Gasteiger partial charge in [-0.3, -0.25) is 0 Å². The zero-order chi connectivity index (χ0) is 22.8. The topological polar surface area (TPSA) is 43.2 Å². The minimum atomic E-state index is 0.353. The predicted octanol–water partition coefficient (Wildman–Crippen LogP) is 6.15. The van der Waals surface area contributed by atoms with Gasteiger partial charge in [0, 0.05) is 40.4 Å². The Labute approximate surface area is 191 Å². The molecule has 0 radical (unpaired) electrons. The van der Waals surface area contributed by atoms with Crippen molar-refractivity contribution < 1.29 is 4.74 Å². The van der Waals surface area contributed by atoms with Gasteiger partial charge in [0.1, 0.15) is 5.75 Å². The predicted molar refractivity (Wildman–Crippen MR) is 131 cm³/mol. The van der Waals surface area contributed by atoms with Crippen molar-refractivity contribution in [1.82, 2.24) is 14.8 Å². The van der Waals surface area contributed by atoms with Crippen LogP contribution in [-0.4, -0.2) is 34.0 Å². The zero-order valence-electron chi connectivity index (χ0n) is 20.6. The summed E-state index contributed by atoms with van der Waals surface area (Å²) in [7, 11) is 0. The molecular formula is C27H36N4O. The number of aromatic nitrogens is 3. The number of anilines is 1. The third kappa shape index (κ3) is 3.28. The average Bonchev–Trinajstić information content (AvgIpc) is 3.12. The molecule has 2 atom stereocenters. The Morgan fingerprint density at radius 2 is 1.66 bits per heavy atom. The van der Waals surface area contributed by atoms with Crippen molar-refractivity contribution in [3.8, 4) is 11.4 Å². The molecule has 1 aliphatic heterocycles. The van der Waals surface area contributed by atoms with Crippen molar-refractivity contribution in [2.24, 2.45) is 10.8 Å². The number of nitrogens with zero attached hydrogens (tertiary/aromatic N) is 4. The highest BCUT2D eigenvalue weighted by molar-refractivity contribution is 5.99. The summed E-state index contributed by atoms with van der Waals surface area (Å²) in [6.45, 7) is 17.6. The lowest BCUT2D eigenvalue weighted by Crippen LogP contribution is -2.35. The molecule has 5 nitrogen and oxygen atoms in total. The summed E-state index contributed by atoms with van der Waals surface area (Å²) in [5.74, 6) is 1.98. The van der Waals surface area contributed by atoms with Crippen LogP contribution in [0.25, 0.3) is 16.5 Å². The van der Waals surface area contributed by atoms with Gasteiger partial charge in [0.2, 0.25) is 0 Å². The van der Waals surface area contributed by atoms with Crippen LogP contribution in [0, 0.1) is 31.6 Å². The smallest absolute Gasteiger partial charge is 0.161 e. The maximum atomic E-state index is 5.65. The molecule has 1 saturated heterocycles. The van der Waals surface area contributed by atoms with Gasteiger partial charge < -0.3 is 14.2 Å². The minimum Gasteiger partial charge on any atom is -0.494 e. The second-order valence-corrected chi connectivity index (χ2v) is 11.1. The van der Waals surface area contributed by atoms with Crippen LogP contribution in [-0.2, 0) is 0 Å². The van der Waals surface area contributed by atoms with E-state index < -0.39 is 0 Å². The Balaban J connectivity index is 1.65. The number of fused-ring (bicyclic) bond motifs is 3. The standard InChI is InChI=1S/C27H36N4O/c1-8-32-22-11-9-20(10-12-22)31-18(3)23-17(2)28-29-25(24(23)19(31)4)30-16-27(7)14-21(30)13-26(5,6)15-27/h9-12,21H,8,13-16H2,1-7H3/t21-,27-/m1/s1. The van der Waals surface area contributed by atoms with Crippen molar-refractivity contribution in [1.29, 1.82) is 0 Å². The number of ether oxygens (including phenoxy) is 1. The van der Waals surface area contributed by atoms with E-state index in [0.717, 1.165) is 29.5 Å². The quantitative estimate of drug-likeness (QED) is 0.496. The maximum absolute atomic E-state index is 5.65. The molecule has 0 unspecified atom stereocenters. The third-order valence-corrected chi connectivity index (χ3v) is 7.62. The summed E-state index contributed by atoms with van der Waals surface area (Å²) < 4.78 is 8.01. The molecule has 5 heteroatoms. The summed E-state index contributed by atoms with van der Waals surface area (Å²) >= 11 is 0. The van der Waals surface area contributed by atoms with E-state index in [1.807, 2.05) is 6.92 Å². The lowest BCUT2D eigenvalue weighted by atomic mass is 9.65. The van der Waals surface area contributed by atoms with E-state index >= 15 is 0 Å². The third-order valence-electron chi connectivity index (χ3n) is 7.62. The maximum Gasteiger partial charge on any atom is 0.161 e. The lowest BCUT2D eigenvalue weighted by Gasteiger charge is -2.39. The van der Waals surface area contributed by atoms with Crippen LogP contribution >= 0.6 is 0 Å². The summed E-state index contributed by atoms with van der Waals surface area (Å²) in [4.78, 5) is 2.58. The summed E-state index contributed by atoms with van der Waals surface area (Å²) in [6, 6.07) is 8.94. The van der Waals surface area contributed by atoms with E-state index in [4.69, 9.17) is 9.84 Å². The molecule has 1 aliphatic carbocycles. The Morgan fingerprint density at radius 3 is 2.34 bits per heavy atom. The Hall–Kier alpha value is -2.56. The highest BCUT2D eigenvalue weighted by Gasteiger charge is 2.50. The van der Waals surface area contributed by atoms with E-state index in [9.17, 15) is 0 Å². The molecule has 0 spiro atoms. The highest BCUT2D eigenvalue weighted by Crippen LogP contribution is 2.54. The number of benzene rings is 1. The second kappa shape index (κ2) is 7.23. The van der Waals surface area contributed by atoms with Crippen LogP contribution in [0.15, 0.2) is 24.3 Å². The lowest BCUT2D eigenvalue weighted by molar-refractivity contribution is 0.136. The van der Waals surface area contributed by atoms with Gasteiger partial charge in [-0.2, -0.15) is 5.10 Å². The molecule has 2 bridgehead atoms. The van der Waals surface area contributed by atoms with Gasteiger partial charge in [-0.1, -0.05) is 20.8 Å². The van der Waals surface area contributed by atoms with Crippen molar-refractivity contribution >= 4 is 16.6 Å². The minimum absolute atomic E-state index is 0.353. The molecule has 3 heterocycles. The average molecular weight is 433 g/mol. The Bertz CT molecular complexity index is 1180. The summed E-state index contributed by atoms with van der Waals surface area (Å²) in [5, 5.41) is 12.0. The number of hydrogen-bond acceptors (Lipinski definition) is 4. The van der Waals surface area contributed by atoms with Crippen LogP contribution in [0.5, 0.6) is 5.75 Å². The van der Waals surface area contributed by atoms with E-state index in [1.165, 1.54) is 41.4 Å². The SMILES string of the molecule is CCOc1ccc(-n2c(C)c3c(C)nnc(N4C[C@]5(C)C[C@H]4CC(C)(C)C5)c3c2C)cc1. The molecule has 0 N–H and O–H groups in total. The van der Waals surface area contributed by atoms with Crippen molar-refractivity contribution in [3.63, 3.8) is 0 Å². The van der Waals surface area contributed by atoms with Crippen LogP contribution in [0.1, 0.15) is 64.0 Å². The molecule has 3 aromatic rings. The Morgan fingerprint density at radius 1 is 0.969 bits per heavy atom. The molecule has 1 aromatic carbocycles. The van der Waals surface area contributed by atoms with Gasteiger partial charge in [-0.25, -0.2) is 0 Å². The molecule has 32 heavy (non-hydrogen) atoms. The van der Waals surface area contributed by atoms with Crippen LogP contribution in [0.3, 0.4) is 0 Å². The van der Waals surface area contributed by atoms with Crippen molar-refractivity contribution in [3.05, 3.63) is 41.3 Å². The molecule has 2 aromatic heterocycles. The van der Waals surface area contributed by atoms with E-state index in [0.29, 0.717) is 23.5 Å². The van der Waals surface area contributed by atoms with Gasteiger partial charge in [0.25, 0.3) is 0 Å².